The molecule has 6 nitrogen and oxygen atoms in total. The molecule has 0 spiro atoms. The SMILES string of the molecule is CN=C(NCc1ccc(CS(=O)(=O)NC(C)C)cc1)NC(C)C. The van der Waals surface area contributed by atoms with Gasteiger partial charge in [0.05, 0.1) is 5.75 Å². The third-order valence-corrected chi connectivity index (χ3v) is 4.45. The van der Waals surface area contributed by atoms with Crippen molar-refractivity contribution in [2.75, 3.05) is 7.05 Å². The number of hydrogen-bond donors (Lipinski definition) is 3. The lowest BCUT2D eigenvalue weighted by Crippen LogP contribution is -2.40. The highest BCUT2D eigenvalue weighted by Gasteiger charge is 2.12. The molecule has 130 valence electrons. The van der Waals surface area contributed by atoms with Crippen LogP contribution < -0.4 is 15.4 Å². The second-order valence-corrected chi connectivity index (χ2v) is 7.83. The second kappa shape index (κ2) is 8.88. The van der Waals surface area contributed by atoms with Gasteiger partial charge in [0.1, 0.15) is 0 Å². The largest absolute Gasteiger partial charge is 0.354 e. The molecule has 0 aliphatic carbocycles. The third kappa shape index (κ3) is 7.99. The van der Waals surface area contributed by atoms with Crippen molar-refractivity contribution in [1.82, 2.24) is 15.4 Å². The van der Waals surface area contributed by atoms with Crippen LogP contribution in [0.3, 0.4) is 0 Å². The van der Waals surface area contributed by atoms with E-state index in [1.165, 1.54) is 0 Å². The van der Waals surface area contributed by atoms with Gasteiger partial charge in [0.15, 0.2) is 5.96 Å². The van der Waals surface area contributed by atoms with Gasteiger partial charge in [-0.1, -0.05) is 24.3 Å². The first-order valence-electron chi connectivity index (χ1n) is 7.77. The summed E-state index contributed by atoms with van der Waals surface area (Å²) in [6.07, 6.45) is 0. The minimum absolute atomic E-state index is 0.00450. The molecule has 0 fully saturated rings. The topological polar surface area (TPSA) is 82.6 Å². The zero-order valence-electron chi connectivity index (χ0n) is 14.6. The summed E-state index contributed by atoms with van der Waals surface area (Å²) < 4.78 is 26.4. The Labute approximate surface area is 139 Å². The average Bonchev–Trinajstić information content (AvgIpc) is 2.42. The van der Waals surface area contributed by atoms with E-state index in [1.54, 1.807) is 7.05 Å². The van der Waals surface area contributed by atoms with Crippen LogP contribution in [0.1, 0.15) is 38.8 Å². The number of nitrogens with one attached hydrogen (secondary N) is 3. The van der Waals surface area contributed by atoms with Crippen LogP contribution in [0.2, 0.25) is 0 Å². The van der Waals surface area contributed by atoms with E-state index in [0.29, 0.717) is 12.6 Å². The van der Waals surface area contributed by atoms with E-state index in [0.717, 1.165) is 17.1 Å². The number of hydrogen-bond acceptors (Lipinski definition) is 3. The second-order valence-electron chi connectivity index (χ2n) is 6.07. The van der Waals surface area contributed by atoms with Crippen molar-refractivity contribution in [3.8, 4) is 0 Å². The summed E-state index contributed by atoms with van der Waals surface area (Å²) in [6, 6.07) is 7.75. The van der Waals surface area contributed by atoms with Gasteiger partial charge in [-0.25, -0.2) is 13.1 Å². The van der Waals surface area contributed by atoms with Crippen LogP contribution in [0.25, 0.3) is 0 Å². The summed E-state index contributed by atoms with van der Waals surface area (Å²) in [5.74, 6) is 0.739. The molecule has 1 rings (SSSR count). The minimum atomic E-state index is -3.28. The number of sulfonamides is 1. The van der Waals surface area contributed by atoms with Gasteiger partial charge < -0.3 is 10.6 Å². The summed E-state index contributed by atoms with van der Waals surface area (Å²) in [4.78, 5) is 4.14. The fourth-order valence-corrected chi connectivity index (χ4v) is 3.46. The normalized spacial score (nSPS) is 12.7. The minimum Gasteiger partial charge on any atom is -0.354 e. The fourth-order valence-electron chi connectivity index (χ4n) is 2.03. The van der Waals surface area contributed by atoms with E-state index in [4.69, 9.17) is 0 Å². The predicted molar refractivity (Wildman–Crippen MR) is 95.8 cm³/mol. The highest BCUT2D eigenvalue weighted by atomic mass is 32.2. The highest BCUT2D eigenvalue weighted by Crippen LogP contribution is 2.08. The van der Waals surface area contributed by atoms with Crippen molar-refractivity contribution in [1.29, 1.82) is 0 Å². The first-order chi connectivity index (χ1) is 10.7. The van der Waals surface area contributed by atoms with E-state index in [2.05, 4.69) is 20.3 Å². The molecule has 1 aromatic carbocycles. The van der Waals surface area contributed by atoms with Gasteiger partial charge in [-0.3, -0.25) is 4.99 Å². The molecule has 7 heteroatoms. The molecular weight excluding hydrogens is 312 g/mol. The van der Waals surface area contributed by atoms with Gasteiger partial charge >= 0.3 is 0 Å². The lowest BCUT2D eigenvalue weighted by atomic mass is 10.1. The lowest BCUT2D eigenvalue weighted by molar-refractivity contribution is 0.569. The Hall–Kier alpha value is -1.60. The van der Waals surface area contributed by atoms with Gasteiger partial charge in [-0.15, -0.1) is 0 Å². The monoisotopic (exact) mass is 340 g/mol. The summed E-state index contributed by atoms with van der Waals surface area (Å²) in [5.41, 5.74) is 1.83. The molecule has 0 aliphatic rings. The molecule has 3 N–H and O–H groups in total. The van der Waals surface area contributed by atoms with E-state index in [9.17, 15) is 8.42 Å². The molecule has 0 unspecified atom stereocenters. The first-order valence-corrected chi connectivity index (χ1v) is 9.42. The van der Waals surface area contributed by atoms with Crippen molar-refractivity contribution in [2.24, 2.45) is 4.99 Å². The van der Waals surface area contributed by atoms with Crippen LogP contribution in [0.4, 0.5) is 0 Å². The van der Waals surface area contributed by atoms with E-state index in [-0.39, 0.29) is 11.8 Å². The summed E-state index contributed by atoms with van der Waals surface area (Å²) >= 11 is 0. The molecule has 0 saturated carbocycles. The van der Waals surface area contributed by atoms with E-state index >= 15 is 0 Å². The molecule has 0 radical (unpaired) electrons. The number of nitrogens with zero attached hydrogens (tertiary/aromatic N) is 1. The first kappa shape index (κ1) is 19.4. The van der Waals surface area contributed by atoms with Gasteiger partial charge in [-0.05, 0) is 38.8 Å². The zero-order chi connectivity index (χ0) is 17.5. The maximum absolute atomic E-state index is 11.9. The molecule has 0 bridgehead atoms. The fraction of sp³-hybridized carbons (Fsp3) is 0.562. The molecule has 0 heterocycles. The molecular formula is C16H28N4O2S. The van der Waals surface area contributed by atoms with Crippen LogP contribution in [-0.4, -0.2) is 33.5 Å². The molecule has 0 aromatic heterocycles. The Morgan fingerprint density at radius 1 is 1.04 bits per heavy atom. The summed E-state index contributed by atoms with van der Waals surface area (Å²) in [6.45, 7) is 8.35. The van der Waals surface area contributed by atoms with Crippen molar-refractivity contribution in [3.05, 3.63) is 35.4 Å². The van der Waals surface area contributed by atoms with Gasteiger partial charge in [-0.2, -0.15) is 0 Å². The van der Waals surface area contributed by atoms with E-state index < -0.39 is 10.0 Å². The maximum atomic E-state index is 11.9. The Morgan fingerprint density at radius 2 is 1.61 bits per heavy atom. The van der Waals surface area contributed by atoms with Crippen LogP contribution in [-0.2, 0) is 22.3 Å². The molecule has 1 aromatic rings. The van der Waals surface area contributed by atoms with Crippen molar-refractivity contribution in [2.45, 2.75) is 52.1 Å². The Morgan fingerprint density at radius 3 is 2.09 bits per heavy atom. The Kier molecular flexibility index (Phi) is 7.51. The molecule has 0 aliphatic heterocycles. The van der Waals surface area contributed by atoms with Crippen LogP contribution >= 0.6 is 0 Å². The quantitative estimate of drug-likeness (QED) is 0.520. The molecule has 0 saturated heterocycles. The number of benzene rings is 1. The van der Waals surface area contributed by atoms with E-state index in [1.807, 2.05) is 52.0 Å². The number of aliphatic imine (C=N–C) groups is 1. The number of guanidine groups is 1. The Balaban J connectivity index is 2.60. The van der Waals surface area contributed by atoms with Gasteiger partial charge in [0, 0.05) is 25.7 Å². The van der Waals surface area contributed by atoms with Crippen molar-refractivity contribution < 1.29 is 8.42 Å². The predicted octanol–water partition coefficient (Wildman–Crippen LogP) is 1.59. The highest BCUT2D eigenvalue weighted by molar-refractivity contribution is 7.88. The van der Waals surface area contributed by atoms with Crippen LogP contribution in [0.15, 0.2) is 29.3 Å². The van der Waals surface area contributed by atoms with Gasteiger partial charge in [0.2, 0.25) is 10.0 Å². The molecule has 23 heavy (non-hydrogen) atoms. The third-order valence-electron chi connectivity index (χ3n) is 2.90. The average molecular weight is 340 g/mol. The van der Waals surface area contributed by atoms with Crippen LogP contribution in [0, 0.1) is 0 Å². The summed E-state index contributed by atoms with van der Waals surface area (Å²) in [5, 5.41) is 6.43. The van der Waals surface area contributed by atoms with Crippen LogP contribution in [0.5, 0.6) is 0 Å². The molecule has 0 amide bonds. The Bertz CT molecular complexity index is 607. The lowest BCUT2D eigenvalue weighted by Gasteiger charge is -2.14. The summed E-state index contributed by atoms with van der Waals surface area (Å²) in [7, 11) is -1.56. The standard InChI is InChI=1S/C16H28N4O2S/c1-12(2)19-16(17-5)18-10-14-6-8-15(9-7-14)11-23(21,22)20-13(3)4/h6-9,12-13,20H,10-11H2,1-5H3,(H2,17,18,19). The van der Waals surface area contributed by atoms with Gasteiger partial charge in [0.25, 0.3) is 0 Å². The van der Waals surface area contributed by atoms with Crippen molar-refractivity contribution in [3.63, 3.8) is 0 Å². The van der Waals surface area contributed by atoms with Crippen molar-refractivity contribution >= 4 is 16.0 Å². The maximum Gasteiger partial charge on any atom is 0.216 e. The number of rotatable bonds is 7. The zero-order valence-corrected chi connectivity index (χ0v) is 15.4. The smallest absolute Gasteiger partial charge is 0.216 e. The molecule has 0 atom stereocenters.